The lowest BCUT2D eigenvalue weighted by molar-refractivity contribution is 0.672. The number of fused-ring (bicyclic) bond motifs is 18. The summed E-state index contributed by atoms with van der Waals surface area (Å²) in [5.74, 6) is 0. The van der Waals surface area contributed by atoms with Crippen molar-refractivity contribution in [3.05, 3.63) is 146 Å². The monoisotopic (exact) mass is 584 g/mol. The van der Waals surface area contributed by atoms with E-state index < -0.39 is 0 Å². The molecule has 0 radical (unpaired) electrons. The average molecular weight is 585 g/mol. The minimum Gasteiger partial charge on any atom is -0.454 e. The molecule has 0 aliphatic heterocycles. The van der Waals surface area contributed by atoms with E-state index >= 15 is 0 Å². The third-order valence-corrected chi connectivity index (χ3v) is 9.92. The molecule has 3 heterocycles. The number of hydrogen-bond acceptors (Lipinski definition) is 2. The van der Waals surface area contributed by atoms with E-state index in [1.165, 1.54) is 48.7 Å². The fraction of sp³-hybridized carbons (Fsp3) is 0. The van der Waals surface area contributed by atoms with Crippen LogP contribution in [0.25, 0.3) is 104 Å². The summed E-state index contributed by atoms with van der Waals surface area (Å²) in [6, 6.07) is 52.4. The van der Waals surface area contributed by atoms with Gasteiger partial charge >= 0.3 is 0 Å². The van der Waals surface area contributed by atoms with Crippen molar-refractivity contribution in [2.75, 3.05) is 0 Å². The predicted molar refractivity (Wildman–Crippen MR) is 193 cm³/mol. The van der Waals surface area contributed by atoms with Crippen molar-refractivity contribution in [2.45, 2.75) is 0 Å². The summed E-state index contributed by atoms with van der Waals surface area (Å²) in [6.07, 6.45) is 0. The predicted octanol–water partition coefficient (Wildman–Crippen LogP) is 11.8. The van der Waals surface area contributed by atoms with Crippen molar-refractivity contribution >= 4 is 92.6 Å². The van der Waals surface area contributed by atoms with Gasteiger partial charge in [-0.15, -0.1) is 0 Å². The Hall–Kier alpha value is -6.19. The minimum absolute atomic E-state index is 0.871. The van der Waals surface area contributed by atoms with Gasteiger partial charge in [-0.2, -0.15) is 0 Å². The van der Waals surface area contributed by atoms with E-state index in [1.807, 2.05) is 0 Å². The van der Waals surface area contributed by atoms with Crippen molar-refractivity contribution < 1.29 is 4.42 Å². The highest BCUT2D eigenvalue weighted by Crippen LogP contribution is 2.44. The van der Waals surface area contributed by atoms with E-state index in [-0.39, 0.29) is 0 Å². The summed E-state index contributed by atoms with van der Waals surface area (Å²) in [4.78, 5) is 5.11. The van der Waals surface area contributed by atoms with Crippen LogP contribution in [0.4, 0.5) is 0 Å². The maximum Gasteiger partial charge on any atom is 0.160 e. The lowest BCUT2D eigenvalue weighted by Gasteiger charge is -2.16. The van der Waals surface area contributed by atoms with Crippen molar-refractivity contribution in [2.24, 2.45) is 0 Å². The van der Waals surface area contributed by atoms with Gasteiger partial charge in [0, 0.05) is 16.2 Å². The molecule has 0 N–H and O–H groups in total. The molecule has 212 valence electrons. The summed E-state index contributed by atoms with van der Waals surface area (Å²) in [5, 5.41) is 13.5. The molecule has 11 aromatic rings. The fourth-order valence-electron chi connectivity index (χ4n) is 7.97. The minimum atomic E-state index is 0.871. The molecule has 0 aliphatic rings. The first-order chi connectivity index (χ1) is 22.8. The summed E-state index contributed by atoms with van der Waals surface area (Å²) in [5.41, 5.74) is 8.20. The van der Waals surface area contributed by atoms with Crippen LogP contribution in [0.2, 0.25) is 0 Å². The zero-order valence-electron chi connectivity index (χ0n) is 24.7. The number of pyridine rings is 1. The van der Waals surface area contributed by atoms with Gasteiger partial charge in [0.15, 0.2) is 5.58 Å². The van der Waals surface area contributed by atoms with Crippen molar-refractivity contribution in [3.63, 3.8) is 0 Å². The number of aromatic nitrogens is 2. The van der Waals surface area contributed by atoms with Crippen LogP contribution >= 0.6 is 0 Å². The lowest BCUT2D eigenvalue weighted by Crippen LogP contribution is -1.90. The lowest BCUT2D eigenvalue weighted by atomic mass is 9.87. The van der Waals surface area contributed by atoms with Crippen LogP contribution in [0.1, 0.15) is 0 Å². The zero-order valence-corrected chi connectivity index (χ0v) is 24.7. The molecule has 0 unspecified atom stereocenters. The summed E-state index contributed by atoms with van der Waals surface area (Å²) < 4.78 is 8.99. The van der Waals surface area contributed by atoms with Crippen LogP contribution in [0.15, 0.2) is 150 Å². The van der Waals surface area contributed by atoms with Crippen LogP contribution in [0.3, 0.4) is 0 Å². The highest BCUT2D eigenvalue weighted by Gasteiger charge is 2.21. The number of benzene rings is 8. The number of furan rings is 1. The zero-order chi connectivity index (χ0) is 29.9. The average Bonchev–Trinajstić information content (AvgIpc) is 3.70. The van der Waals surface area contributed by atoms with E-state index in [0.29, 0.717) is 0 Å². The van der Waals surface area contributed by atoms with Crippen LogP contribution in [0, 0.1) is 0 Å². The number of rotatable bonds is 1. The summed E-state index contributed by atoms with van der Waals surface area (Å²) in [6.45, 7) is 0. The van der Waals surface area contributed by atoms with Gasteiger partial charge < -0.3 is 4.42 Å². The number of imidazole rings is 1. The second kappa shape index (κ2) is 8.71. The Balaban J connectivity index is 1.31. The molecule has 0 saturated heterocycles. The van der Waals surface area contributed by atoms with E-state index in [2.05, 4.69) is 150 Å². The van der Waals surface area contributed by atoms with Gasteiger partial charge in [0.1, 0.15) is 16.7 Å². The van der Waals surface area contributed by atoms with Gasteiger partial charge in [0.2, 0.25) is 0 Å². The summed E-state index contributed by atoms with van der Waals surface area (Å²) in [7, 11) is 0. The molecule has 0 amide bonds. The van der Waals surface area contributed by atoms with Crippen LogP contribution < -0.4 is 0 Å². The SMILES string of the molecule is c1ccc2c(c1)nc1c3ccccc3c3oc4ccc(-c5cc6c7ccccc7c7ccccc7c6c6ccccc56)cc4c3n21. The van der Waals surface area contributed by atoms with E-state index in [1.54, 1.807) is 0 Å². The Morgan fingerprint density at radius 3 is 1.83 bits per heavy atom. The Bertz CT molecular complexity index is 3090. The molecule has 0 bridgehead atoms. The molecule has 0 atom stereocenters. The standard InChI is InChI=1S/C43H24N2O/c1-2-13-28-26(11-1)27-12-3-5-15-30(27)40-31-16-6-4-14-29(31)34(24-35(28)40)25-21-22-39-36(23-25)41-42(46-39)32-17-7-8-18-33(32)43-44-37-19-9-10-20-38(37)45(41)43/h1-24H. The molecule has 3 heteroatoms. The van der Waals surface area contributed by atoms with E-state index in [4.69, 9.17) is 9.40 Å². The van der Waals surface area contributed by atoms with Crippen LogP contribution in [-0.2, 0) is 0 Å². The third-order valence-electron chi connectivity index (χ3n) is 9.92. The van der Waals surface area contributed by atoms with E-state index in [0.717, 1.165) is 55.1 Å². The number of para-hydroxylation sites is 2. The second-order valence-electron chi connectivity index (χ2n) is 12.3. The van der Waals surface area contributed by atoms with Crippen molar-refractivity contribution in [1.82, 2.24) is 9.38 Å². The molecule has 0 aliphatic carbocycles. The number of nitrogens with zero attached hydrogens (tertiary/aromatic N) is 2. The highest BCUT2D eigenvalue weighted by atomic mass is 16.3. The van der Waals surface area contributed by atoms with Gasteiger partial charge in [-0.3, -0.25) is 4.40 Å². The first kappa shape index (κ1) is 24.2. The van der Waals surface area contributed by atoms with Crippen molar-refractivity contribution in [3.8, 4) is 11.1 Å². The van der Waals surface area contributed by atoms with Gasteiger partial charge in [-0.25, -0.2) is 4.98 Å². The van der Waals surface area contributed by atoms with Crippen LogP contribution in [-0.4, -0.2) is 9.38 Å². The largest absolute Gasteiger partial charge is 0.454 e. The van der Waals surface area contributed by atoms with Crippen LogP contribution in [0.5, 0.6) is 0 Å². The Morgan fingerprint density at radius 2 is 1.04 bits per heavy atom. The summed E-state index contributed by atoms with van der Waals surface area (Å²) >= 11 is 0. The topological polar surface area (TPSA) is 30.4 Å². The van der Waals surface area contributed by atoms with Gasteiger partial charge in [0.05, 0.1) is 11.0 Å². The van der Waals surface area contributed by atoms with Gasteiger partial charge in [-0.1, -0.05) is 115 Å². The van der Waals surface area contributed by atoms with E-state index in [9.17, 15) is 0 Å². The smallest absolute Gasteiger partial charge is 0.160 e. The molecule has 0 saturated carbocycles. The maximum absolute atomic E-state index is 6.70. The molecule has 0 fully saturated rings. The normalized spacial score (nSPS) is 12.3. The molecule has 3 aromatic heterocycles. The maximum atomic E-state index is 6.70. The fourth-order valence-corrected chi connectivity index (χ4v) is 7.97. The van der Waals surface area contributed by atoms with Crippen molar-refractivity contribution in [1.29, 1.82) is 0 Å². The number of hydrogen-bond donors (Lipinski definition) is 0. The quantitative estimate of drug-likeness (QED) is 0.180. The second-order valence-corrected chi connectivity index (χ2v) is 12.3. The first-order valence-electron chi connectivity index (χ1n) is 15.7. The Kier molecular flexibility index (Phi) is 4.58. The van der Waals surface area contributed by atoms with Gasteiger partial charge in [0.25, 0.3) is 0 Å². The first-order valence-corrected chi connectivity index (χ1v) is 15.7. The highest BCUT2D eigenvalue weighted by molar-refractivity contribution is 6.33. The molecule has 8 aromatic carbocycles. The molecule has 11 rings (SSSR count). The molecule has 0 spiro atoms. The Morgan fingerprint density at radius 1 is 0.457 bits per heavy atom. The Labute approximate surface area is 262 Å². The van der Waals surface area contributed by atoms with Gasteiger partial charge in [-0.05, 0) is 84.5 Å². The molecule has 46 heavy (non-hydrogen) atoms. The molecule has 3 nitrogen and oxygen atoms in total. The molecular formula is C43H24N2O. The third kappa shape index (κ3) is 3.04. The molecular weight excluding hydrogens is 560 g/mol.